The van der Waals surface area contributed by atoms with Crippen LogP contribution in [0.5, 0.6) is 0 Å². The molecule has 23 heavy (non-hydrogen) atoms. The third-order valence-corrected chi connectivity index (χ3v) is 5.23. The third kappa shape index (κ3) is 3.37. The van der Waals surface area contributed by atoms with Crippen LogP contribution in [0.15, 0.2) is 53.4 Å². The molecule has 0 bridgehead atoms. The van der Waals surface area contributed by atoms with Crippen LogP contribution in [0.25, 0.3) is 0 Å². The lowest BCUT2D eigenvalue weighted by Crippen LogP contribution is -2.17. The van der Waals surface area contributed by atoms with Gasteiger partial charge in [0.1, 0.15) is 0 Å². The summed E-state index contributed by atoms with van der Waals surface area (Å²) >= 11 is 0. The molecule has 0 fully saturated rings. The van der Waals surface area contributed by atoms with Crippen LogP contribution in [-0.4, -0.2) is 8.42 Å². The zero-order valence-electron chi connectivity index (χ0n) is 12.0. The Balaban J connectivity index is 2.62. The van der Waals surface area contributed by atoms with Gasteiger partial charge in [-0.25, -0.2) is 8.42 Å². The van der Waals surface area contributed by atoms with Crippen LogP contribution in [0, 0.1) is 18.3 Å². The first-order valence-corrected chi connectivity index (χ1v) is 8.09. The van der Waals surface area contributed by atoms with E-state index in [0.717, 1.165) is 23.8 Å². The summed E-state index contributed by atoms with van der Waals surface area (Å²) < 4.78 is 64.4. The molecular formula is C16H12F3NO2S. The molecule has 120 valence electrons. The van der Waals surface area contributed by atoms with E-state index < -0.39 is 32.4 Å². The predicted molar refractivity (Wildman–Crippen MR) is 78.2 cm³/mol. The Morgan fingerprint density at radius 3 is 2.13 bits per heavy atom. The Bertz CT molecular complexity index is 850. The van der Waals surface area contributed by atoms with Crippen LogP contribution in [0.3, 0.4) is 0 Å². The highest BCUT2D eigenvalue weighted by Crippen LogP contribution is 2.38. The third-order valence-electron chi connectivity index (χ3n) is 3.33. The van der Waals surface area contributed by atoms with Gasteiger partial charge in [-0.3, -0.25) is 0 Å². The number of sulfone groups is 1. The minimum absolute atomic E-state index is 0.188. The largest absolute Gasteiger partial charge is 0.416 e. The van der Waals surface area contributed by atoms with Gasteiger partial charge in [0.05, 0.1) is 16.5 Å². The molecule has 2 aromatic carbocycles. The van der Waals surface area contributed by atoms with Crippen molar-refractivity contribution < 1.29 is 21.6 Å². The Morgan fingerprint density at radius 2 is 1.61 bits per heavy atom. The van der Waals surface area contributed by atoms with Gasteiger partial charge in [-0.15, -0.1) is 0 Å². The van der Waals surface area contributed by atoms with Crippen molar-refractivity contribution in [2.24, 2.45) is 0 Å². The van der Waals surface area contributed by atoms with Crippen LogP contribution in [-0.2, 0) is 16.0 Å². The molecule has 0 N–H and O–H groups in total. The van der Waals surface area contributed by atoms with Crippen molar-refractivity contribution in [2.45, 2.75) is 23.2 Å². The minimum Gasteiger partial charge on any atom is -0.222 e. The highest BCUT2D eigenvalue weighted by atomic mass is 32.2. The second kappa shape index (κ2) is 6.05. The van der Waals surface area contributed by atoms with Crippen molar-refractivity contribution in [1.82, 2.24) is 0 Å². The van der Waals surface area contributed by atoms with E-state index in [4.69, 9.17) is 0 Å². The van der Waals surface area contributed by atoms with Gasteiger partial charge in [0, 0.05) is 0 Å². The number of aryl methyl sites for hydroxylation is 1. The van der Waals surface area contributed by atoms with E-state index in [9.17, 15) is 26.9 Å². The number of halogens is 3. The van der Waals surface area contributed by atoms with Crippen LogP contribution < -0.4 is 0 Å². The van der Waals surface area contributed by atoms with Gasteiger partial charge in [-0.1, -0.05) is 35.9 Å². The van der Waals surface area contributed by atoms with E-state index in [1.807, 2.05) is 0 Å². The van der Waals surface area contributed by atoms with Gasteiger partial charge >= 0.3 is 6.18 Å². The van der Waals surface area contributed by atoms with E-state index in [1.54, 1.807) is 6.92 Å². The summed E-state index contributed by atoms with van der Waals surface area (Å²) in [5.41, 5.74) is -0.890. The van der Waals surface area contributed by atoms with Gasteiger partial charge < -0.3 is 0 Å². The molecule has 0 saturated carbocycles. The number of rotatable bonds is 3. The summed E-state index contributed by atoms with van der Waals surface area (Å²) in [5, 5.41) is 7.30. The van der Waals surface area contributed by atoms with Gasteiger partial charge in [0.15, 0.2) is 15.1 Å². The number of benzene rings is 2. The lowest BCUT2D eigenvalue weighted by molar-refractivity contribution is -0.138. The predicted octanol–water partition coefficient (Wildman–Crippen LogP) is 4.05. The molecule has 0 spiro atoms. The topological polar surface area (TPSA) is 57.9 Å². The number of nitriles is 1. The fourth-order valence-electron chi connectivity index (χ4n) is 2.15. The summed E-state index contributed by atoms with van der Waals surface area (Å²) in [6.07, 6.45) is -4.74. The van der Waals surface area contributed by atoms with Gasteiger partial charge in [-0.2, -0.15) is 18.4 Å². The highest BCUT2D eigenvalue weighted by molar-refractivity contribution is 7.92. The second-order valence-corrected chi connectivity index (χ2v) is 6.99. The molecule has 2 aromatic rings. The number of hydrogen-bond donors (Lipinski definition) is 0. The first kappa shape index (κ1) is 17.0. The van der Waals surface area contributed by atoms with Crippen LogP contribution in [0.4, 0.5) is 13.2 Å². The maximum atomic E-state index is 13.1. The Labute approximate surface area is 131 Å². The van der Waals surface area contributed by atoms with E-state index in [-0.39, 0.29) is 4.90 Å². The monoisotopic (exact) mass is 339 g/mol. The molecule has 0 aromatic heterocycles. The molecule has 0 heterocycles. The second-order valence-electron chi connectivity index (χ2n) is 4.95. The molecule has 1 unspecified atom stereocenters. The number of alkyl halides is 3. The van der Waals surface area contributed by atoms with E-state index in [0.29, 0.717) is 0 Å². The molecule has 0 saturated heterocycles. The first-order valence-electron chi connectivity index (χ1n) is 6.54. The van der Waals surface area contributed by atoms with Gasteiger partial charge in [0.2, 0.25) is 0 Å². The van der Waals surface area contributed by atoms with Crippen LogP contribution in [0.1, 0.15) is 21.9 Å². The van der Waals surface area contributed by atoms with Crippen molar-refractivity contribution in [3.05, 3.63) is 65.2 Å². The summed E-state index contributed by atoms with van der Waals surface area (Å²) in [7, 11) is -4.26. The normalized spacial score (nSPS) is 13.3. The standard InChI is InChI=1S/C16H12F3NO2S/c1-11-6-8-12(9-7-11)23(21,22)15(10-20)13-4-2-3-5-14(13)16(17,18)19/h2-9,15H,1H3. The van der Waals surface area contributed by atoms with Crippen LogP contribution in [0.2, 0.25) is 0 Å². The van der Waals surface area contributed by atoms with Gasteiger partial charge in [0.25, 0.3) is 0 Å². The van der Waals surface area contributed by atoms with E-state index in [2.05, 4.69) is 0 Å². The SMILES string of the molecule is Cc1ccc(S(=O)(=O)C(C#N)c2ccccc2C(F)(F)F)cc1. The Hall–Kier alpha value is -2.33. The maximum Gasteiger partial charge on any atom is 0.416 e. The molecule has 3 nitrogen and oxygen atoms in total. The average molecular weight is 339 g/mol. The molecule has 0 radical (unpaired) electrons. The van der Waals surface area contributed by atoms with Crippen molar-refractivity contribution in [3.8, 4) is 6.07 Å². The lowest BCUT2D eigenvalue weighted by atomic mass is 10.0. The quantitative estimate of drug-likeness (QED) is 0.847. The minimum atomic E-state index is -4.74. The number of hydrogen-bond acceptors (Lipinski definition) is 3. The molecule has 0 aliphatic heterocycles. The lowest BCUT2D eigenvalue weighted by Gasteiger charge is -2.17. The van der Waals surface area contributed by atoms with Crippen LogP contribution >= 0.6 is 0 Å². The molecule has 0 aliphatic carbocycles. The highest BCUT2D eigenvalue weighted by Gasteiger charge is 2.39. The summed E-state index contributed by atoms with van der Waals surface area (Å²) in [6.45, 7) is 1.75. The molecule has 7 heteroatoms. The first-order chi connectivity index (χ1) is 10.7. The molecule has 0 aliphatic rings. The fourth-order valence-corrected chi connectivity index (χ4v) is 3.62. The van der Waals surface area contributed by atoms with Crippen molar-refractivity contribution in [3.63, 3.8) is 0 Å². The summed E-state index contributed by atoms with van der Waals surface area (Å²) in [4.78, 5) is -0.188. The summed E-state index contributed by atoms with van der Waals surface area (Å²) in [5.74, 6) is 0. The maximum absolute atomic E-state index is 13.1. The molecule has 1 atom stereocenters. The van der Waals surface area contributed by atoms with Gasteiger partial charge in [-0.05, 0) is 30.7 Å². The fraction of sp³-hybridized carbons (Fsp3) is 0.188. The zero-order chi connectivity index (χ0) is 17.3. The average Bonchev–Trinajstić information content (AvgIpc) is 2.47. The smallest absolute Gasteiger partial charge is 0.222 e. The molecular weight excluding hydrogens is 327 g/mol. The Morgan fingerprint density at radius 1 is 1.04 bits per heavy atom. The van der Waals surface area contributed by atoms with Crippen molar-refractivity contribution >= 4 is 9.84 Å². The Kier molecular flexibility index (Phi) is 4.48. The summed E-state index contributed by atoms with van der Waals surface area (Å²) in [6, 6.07) is 11.3. The van der Waals surface area contributed by atoms with Crippen molar-refractivity contribution in [2.75, 3.05) is 0 Å². The van der Waals surface area contributed by atoms with E-state index in [1.165, 1.54) is 36.4 Å². The zero-order valence-corrected chi connectivity index (χ0v) is 12.8. The molecule has 0 amide bonds. The molecule has 2 rings (SSSR count). The van der Waals surface area contributed by atoms with Crippen molar-refractivity contribution in [1.29, 1.82) is 5.26 Å². The van der Waals surface area contributed by atoms with E-state index >= 15 is 0 Å². The number of nitrogens with zero attached hydrogens (tertiary/aromatic N) is 1.